The number of esters is 1. The van der Waals surface area contributed by atoms with E-state index in [1.165, 1.54) is 10.7 Å². The number of anilines is 2. The first-order valence-corrected chi connectivity index (χ1v) is 9.98. The summed E-state index contributed by atoms with van der Waals surface area (Å²) in [6.07, 6.45) is 1.44. The van der Waals surface area contributed by atoms with Crippen LogP contribution in [-0.4, -0.2) is 38.2 Å². The molecule has 0 unspecified atom stereocenters. The second kappa shape index (κ2) is 9.17. The number of benzene rings is 2. The molecule has 2 heterocycles. The van der Waals surface area contributed by atoms with E-state index in [2.05, 4.69) is 20.7 Å². The Balaban J connectivity index is 1.50. The van der Waals surface area contributed by atoms with E-state index in [0.29, 0.717) is 29.3 Å². The van der Waals surface area contributed by atoms with E-state index in [-0.39, 0.29) is 18.1 Å². The van der Waals surface area contributed by atoms with Crippen molar-refractivity contribution in [1.82, 2.24) is 14.6 Å². The van der Waals surface area contributed by atoms with Crippen molar-refractivity contribution in [3.8, 4) is 5.75 Å². The van der Waals surface area contributed by atoms with Crippen molar-refractivity contribution >= 4 is 29.0 Å². The maximum atomic E-state index is 12.8. The van der Waals surface area contributed by atoms with E-state index >= 15 is 0 Å². The van der Waals surface area contributed by atoms with Gasteiger partial charge in [0.25, 0.3) is 5.91 Å². The molecular weight excluding hydrogens is 410 g/mol. The first kappa shape index (κ1) is 20.9. The molecule has 0 fully saturated rings. The Bertz CT molecular complexity index is 1270. The van der Waals surface area contributed by atoms with Crippen molar-refractivity contribution in [3.63, 3.8) is 0 Å². The predicted molar refractivity (Wildman–Crippen MR) is 119 cm³/mol. The highest BCUT2D eigenvalue weighted by atomic mass is 16.5. The SMILES string of the molecule is CCOC(=O)c1cccc(NC(=O)c2cnc3ccc(NCc4ccc(O)cc4)nn23)c1. The number of amides is 1. The predicted octanol–water partition coefficient (Wildman–Crippen LogP) is 3.48. The van der Waals surface area contributed by atoms with Crippen LogP contribution in [0.4, 0.5) is 11.5 Å². The number of phenolic OH excluding ortho intramolecular Hbond substituents is 1. The summed E-state index contributed by atoms with van der Waals surface area (Å²) in [6.45, 7) is 2.50. The molecule has 0 radical (unpaired) electrons. The van der Waals surface area contributed by atoms with Crippen LogP contribution in [-0.2, 0) is 11.3 Å². The summed E-state index contributed by atoms with van der Waals surface area (Å²) in [5.74, 6) is -0.108. The van der Waals surface area contributed by atoms with Crippen molar-refractivity contribution in [1.29, 1.82) is 0 Å². The van der Waals surface area contributed by atoms with Gasteiger partial charge in [0.2, 0.25) is 0 Å². The molecule has 0 saturated carbocycles. The number of phenols is 1. The molecule has 162 valence electrons. The van der Waals surface area contributed by atoms with Gasteiger partial charge in [0.1, 0.15) is 11.6 Å². The molecule has 0 aliphatic heterocycles. The highest BCUT2D eigenvalue weighted by Crippen LogP contribution is 2.16. The van der Waals surface area contributed by atoms with Gasteiger partial charge in [-0.3, -0.25) is 4.79 Å². The lowest BCUT2D eigenvalue weighted by atomic mass is 10.2. The van der Waals surface area contributed by atoms with Crippen LogP contribution in [0.5, 0.6) is 5.75 Å². The largest absolute Gasteiger partial charge is 0.508 e. The van der Waals surface area contributed by atoms with Gasteiger partial charge in [-0.2, -0.15) is 0 Å². The minimum absolute atomic E-state index is 0.204. The molecule has 0 aliphatic carbocycles. The average molecular weight is 431 g/mol. The zero-order valence-electron chi connectivity index (χ0n) is 17.3. The third-order valence-electron chi connectivity index (χ3n) is 4.64. The first-order valence-electron chi connectivity index (χ1n) is 9.98. The molecule has 0 atom stereocenters. The Morgan fingerprint density at radius 1 is 1.09 bits per heavy atom. The number of rotatable bonds is 7. The van der Waals surface area contributed by atoms with E-state index < -0.39 is 11.9 Å². The highest BCUT2D eigenvalue weighted by Gasteiger charge is 2.15. The summed E-state index contributed by atoms with van der Waals surface area (Å²) in [6, 6.07) is 16.9. The number of fused-ring (bicyclic) bond motifs is 1. The molecule has 9 nitrogen and oxygen atoms in total. The molecule has 2 aromatic carbocycles. The molecule has 3 N–H and O–H groups in total. The summed E-state index contributed by atoms with van der Waals surface area (Å²) in [5, 5.41) is 19.8. The highest BCUT2D eigenvalue weighted by molar-refractivity contribution is 6.04. The van der Waals surface area contributed by atoms with Gasteiger partial charge in [0.15, 0.2) is 11.3 Å². The number of carbonyl (C=O) groups is 2. The monoisotopic (exact) mass is 431 g/mol. The van der Waals surface area contributed by atoms with Crippen molar-refractivity contribution in [2.24, 2.45) is 0 Å². The number of carbonyl (C=O) groups excluding carboxylic acids is 2. The normalized spacial score (nSPS) is 10.7. The lowest BCUT2D eigenvalue weighted by molar-refractivity contribution is 0.0526. The lowest BCUT2D eigenvalue weighted by Crippen LogP contribution is -2.16. The van der Waals surface area contributed by atoms with E-state index in [1.807, 2.05) is 0 Å². The van der Waals surface area contributed by atoms with Crippen molar-refractivity contribution < 1.29 is 19.4 Å². The Kier molecular flexibility index (Phi) is 5.98. The van der Waals surface area contributed by atoms with Crippen molar-refractivity contribution in [2.75, 3.05) is 17.2 Å². The number of nitrogens with zero attached hydrogens (tertiary/aromatic N) is 3. The number of aromatic hydroxyl groups is 1. The van der Waals surface area contributed by atoms with Gasteiger partial charge in [-0.15, -0.1) is 5.10 Å². The molecule has 32 heavy (non-hydrogen) atoms. The van der Waals surface area contributed by atoms with E-state index in [9.17, 15) is 14.7 Å². The Hall–Kier alpha value is -4.40. The van der Waals surface area contributed by atoms with Gasteiger partial charge in [0.05, 0.1) is 18.4 Å². The second-order valence-corrected chi connectivity index (χ2v) is 6.91. The van der Waals surface area contributed by atoms with Crippen LogP contribution in [0.25, 0.3) is 5.65 Å². The zero-order chi connectivity index (χ0) is 22.5. The topological polar surface area (TPSA) is 118 Å². The van der Waals surface area contributed by atoms with Gasteiger partial charge >= 0.3 is 5.97 Å². The van der Waals surface area contributed by atoms with Gasteiger partial charge in [-0.1, -0.05) is 18.2 Å². The fraction of sp³-hybridized carbons (Fsp3) is 0.130. The summed E-state index contributed by atoms with van der Waals surface area (Å²) < 4.78 is 6.44. The molecule has 0 bridgehead atoms. The van der Waals surface area contributed by atoms with E-state index in [1.54, 1.807) is 67.6 Å². The maximum absolute atomic E-state index is 12.8. The minimum atomic E-state index is -0.454. The van der Waals surface area contributed by atoms with E-state index in [0.717, 1.165) is 5.56 Å². The molecule has 0 saturated heterocycles. The Labute approximate surface area is 183 Å². The third kappa shape index (κ3) is 4.67. The molecular formula is C23H21N5O4. The van der Waals surface area contributed by atoms with Crippen LogP contribution in [0.1, 0.15) is 33.3 Å². The quantitative estimate of drug-likeness (QED) is 0.384. The van der Waals surface area contributed by atoms with Crippen LogP contribution in [0, 0.1) is 0 Å². The summed E-state index contributed by atoms with van der Waals surface area (Å²) in [5.41, 5.74) is 2.54. The van der Waals surface area contributed by atoms with E-state index in [4.69, 9.17) is 4.74 Å². The first-order chi connectivity index (χ1) is 15.5. The molecule has 0 spiro atoms. The average Bonchev–Trinajstić information content (AvgIpc) is 3.22. The number of hydrogen-bond acceptors (Lipinski definition) is 7. The number of aromatic nitrogens is 3. The molecule has 4 rings (SSSR count). The van der Waals surface area contributed by atoms with Crippen LogP contribution < -0.4 is 10.6 Å². The summed E-state index contributed by atoms with van der Waals surface area (Å²) in [4.78, 5) is 29.0. The van der Waals surface area contributed by atoms with Crippen LogP contribution in [0.2, 0.25) is 0 Å². The lowest BCUT2D eigenvalue weighted by Gasteiger charge is -2.09. The fourth-order valence-corrected chi connectivity index (χ4v) is 3.06. The summed E-state index contributed by atoms with van der Waals surface area (Å²) >= 11 is 0. The van der Waals surface area contributed by atoms with Gasteiger partial charge in [-0.05, 0) is 55.0 Å². The second-order valence-electron chi connectivity index (χ2n) is 6.91. The number of imidazole rings is 1. The number of nitrogens with one attached hydrogen (secondary N) is 2. The summed E-state index contributed by atoms with van der Waals surface area (Å²) in [7, 11) is 0. The van der Waals surface area contributed by atoms with Crippen LogP contribution >= 0.6 is 0 Å². The Morgan fingerprint density at radius 2 is 1.91 bits per heavy atom. The fourth-order valence-electron chi connectivity index (χ4n) is 3.06. The maximum Gasteiger partial charge on any atom is 0.338 e. The minimum Gasteiger partial charge on any atom is -0.508 e. The van der Waals surface area contributed by atoms with Crippen molar-refractivity contribution in [3.05, 3.63) is 83.7 Å². The zero-order valence-corrected chi connectivity index (χ0v) is 17.3. The molecule has 2 aromatic heterocycles. The van der Waals surface area contributed by atoms with Crippen LogP contribution in [0.3, 0.4) is 0 Å². The molecule has 9 heteroatoms. The Morgan fingerprint density at radius 3 is 2.69 bits per heavy atom. The molecule has 0 aliphatic rings. The number of ether oxygens (including phenoxy) is 1. The van der Waals surface area contributed by atoms with Gasteiger partial charge in [-0.25, -0.2) is 14.3 Å². The van der Waals surface area contributed by atoms with Gasteiger partial charge in [0, 0.05) is 12.2 Å². The standard InChI is InChI=1S/C23H21N5O4/c1-2-32-23(31)16-4-3-5-17(12-16)26-22(30)19-14-25-21-11-10-20(27-28(19)21)24-13-15-6-8-18(29)9-7-15/h3-12,14,29H,2,13H2,1H3,(H,24,27)(H,26,30). The molecule has 1 amide bonds. The number of hydrogen-bond donors (Lipinski definition) is 3. The van der Waals surface area contributed by atoms with Gasteiger partial charge < -0.3 is 20.5 Å². The smallest absolute Gasteiger partial charge is 0.338 e. The van der Waals surface area contributed by atoms with Crippen molar-refractivity contribution in [2.45, 2.75) is 13.5 Å². The van der Waals surface area contributed by atoms with Crippen LogP contribution in [0.15, 0.2) is 66.9 Å². The molecule has 4 aromatic rings. The third-order valence-corrected chi connectivity index (χ3v) is 4.64.